The molecule has 0 aliphatic rings. The van der Waals surface area contributed by atoms with E-state index >= 15 is 0 Å². The first-order valence-electron chi connectivity index (χ1n) is 6.89. The Labute approximate surface area is 118 Å². The molecule has 0 fully saturated rings. The zero-order valence-electron chi connectivity index (χ0n) is 12.0. The number of nitrogens with one attached hydrogen (secondary N) is 2. The highest BCUT2D eigenvalue weighted by Crippen LogP contribution is 2.07. The number of carbonyl (C=O) groups is 1. The average molecular weight is 284 g/mol. The Morgan fingerprint density at radius 2 is 1.80 bits per heavy atom. The van der Waals surface area contributed by atoms with E-state index in [9.17, 15) is 13.6 Å². The highest BCUT2D eigenvalue weighted by atomic mass is 19.1. The van der Waals surface area contributed by atoms with Gasteiger partial charge in [-0.2, -0.15) is 0 Å². The molecule has 20 heavy (non-hydrogen) atoms. The van der Waals surface area contributed by atoms with E-state index in [1.807, 2.05) is 0 Å². The van der Waals surface area contributed by atoms with Gasteiger partial charge >= 0.3 is 0 Å². The van der Waals surface area contributed by atoms with Gasteiger partial charge in [-0.05, 0) is 43.0 Å². The average Bonchev–Trinajstić information content (AvgIpc) is 2.33. The molecular formula is C15H22F2N2O. The molecule has 0 saturated carbocycles. The third kappa shape index (κ3) is 7.19. The van der Waals surface area contributed by atoms with Gasteiger partial charge in [0.25, 0.3) is 0 Å². The van der Waals surface area contributed by atoms with E-state index in [2.05, 4.69) is 24.5 Å². The standard InChI is InChI=1S/C15H22F2N2O/c1-11(2)3-6-19-15(20)10-18-5-4-12-7-13(16)9-14(17)8-12/h7-9,11,18H,3-6,10H2,1-2H3,(H,19,20). The lowest BCUT2D eigenvalue weighted by Crippen LogP contribution is -2.35. The predicted molar refractivity (Wildman–Crippen MR) is 75.4 cm³/mol. The molecule has 2 N–H and O–H groups in total. The lowest BCUT2D eigenvalue weighted by Gasteiger charge is -2.08. The molecule has 1 aromatic carbocycles. The Morgan fingerprint density at radius 1 is 1.15 bits per heavy atom. The molecule has 1 amide bonds. The fraction of sp³-hybridized carbons (Fsp3) is 0.533. The number of rotatable bonds is 8. The number of halogens is 2. The van der Waals surface area contributed by atoms with E-state index in [1.165, 1.54) is 12.1 Å². The summed E-state index contributed by atoms with van der Waals surface area (Å²) in [5.41, 5.74) is 0.579. The van der Waals surface area contributed by atoms with Crippen LogP contribution < -0.4 is 10.6 Å². The van der Waals surface area contributed by atoms with Gasteiger partial charge in [-0.25, -0.2) is 8.78 Å². The van der Waals surface area contributed by atoms with Crippen LogP contribution in [0.15, 0.2) is 18.2 Å². The Kier molecular flexibility index (Phi) is 7.15. The molecule has 1 aromatic rings. The predicted octanol–water partition coefficient (Wildman–Crippen LogP) is 2.26. The first kappa shape index (κ1) is 16.6. The van der Waals surface area contributed by atoms with Crippen molar-refractivity contribution in [1.82, 2.24) is 10.6 Å². The zero-order valence-corrected chi connectivity index (χ0v) is 12.0. The number of hydrogen-bond acceptors (Lipinski definition) is 2. The van der Waals surface area contributed by atoms with Crippen LogP contribution in [-0.2, 0) is 11.2 Å². The van der Waals surface area contributed by atoms with Crippen LogP contribution in [0.2, 0.25) is 0 Å². The third-order valence-corrected chi connectivity index (χ3v) is 2.84. The lowest BCUT2D eigenvalue weighted by atomic mass is 10.1. The summed E-state index contributed by atoms with van der Waals surface area (Å²) in [6.45, 7) is 5.59. The Morgan fingerprint density at radius 3 is 2.40 bits per heavy atom. The van der Waals surface area contributed by atoms with Crippen LogP contribution in [0.1, 0.15) is 25.8 Å². The molecular weight excluding hydrogens is 262 g/mol. The SMILES string of the molecule is CC(C)CCNC(=O)CNCCc1cc(F)cc(F)c1. The second-order valence-corrected chi connectivity index (χ2v) is 5.24. The second-order valence-electron chi connectivity index (χ2n) is 5.24. The summed E-state index contributed by atoms with van der Waals surface area (Å²) in [5, 5.41) is 5.76. The van der Waals surface area contributed by atoms with E-state index in [0.29, 0.717) is 31.0 Å². The fourth-order valence-electron chi connectivity index (χ4n) is 1.75. The molecule has 0 bridgehead atoms. The minimum absolute atomic E-state index is 0.0592. The van der Waals surface area contributed by atoms with Crippen LogP contribution in [0.3, 0.4) is 0 Å². The minimum Gasteiger partial charge on any atom is -0.355 e. The third-order valence-electron chi connectivity index (χ3n) is 2.84. The first-order chi connectivity index (χ1) is 9.47. The maximum Gasteiger partial charge on any atom is 0.233 e. The zero-order chi connectivity index (χ0) is 15.0. The summed E-state index contributed by atoms with van der Waals surface area (Å²) in [5.74, 6) is -0.653. The highest BCUT2D eigenvalue weighted by Gasteiger charge is 2.03. The minimum atomic E-state index is -0.577. The molecule has 0 heterocycles. The van der Waals surface area contributed by atoms with E-state index in [0.717, 1.165) is 12.5 Å². The monoisotopic (exact) mass is 284 g/mol. The summed E-state index contributed by atoms with van der Waals surface area (Å²) in [4.78, 5) is 11.5. The van der Waals surface area contributed by atoms with Crippen LogP contribution >= 0.6 is 0 Å². The van der Waals surface area contributed by atoms with Gasteiger partial charge in [-0.1, -0.05) is 13.8 Å². The summed E-state index contributed by atoms with van der Waals surface area (Å²) in [6.07, 6.45) is 1.43. The Bertz CT molecular complexity index is 416. The highest BCUT2D eigenvalue weighted by molar-refractivity contribution is 5.77. The van der Waals surface area contributed by atoms with Crippen LogP contribution in [-0.4, -0.2) is 25.5 Å². The normalized spacial score (nSPS) is 10.8. The molecule has 0 unspecified atom stereocenters. The molecule has 0 spiro atoms. The maximum atomic E-state index is 12.9. The van der Waals surface area contributed by atoms with Crippen molar-refractivity contribution < 1.29 is 13.6 Å². The van der Waals surface area contributed by atoms with E-state index < -0.39 is 11.6 Å². The van der Waals surface area contributed by atoms with Gasteiger partial charge in [0.15, 0.2) is 0 Å². The van der Waals surface area contributed by atoms with Crippen molar-refractivity contribution in [3.05, 3.63) is 35.4 Å². The molecule has 0 aliphatic heterocycles. The van der Waals surface area contributed by atoms with Gasteiger partial charge in [-0.3, -0.25) is 4.79 Å². The maximum absolute atomic E-state index is 12.9. The number of carbonyl (C=O) groups excluding carboxylic acids is 1. The van der Waals surface area contributed by atoms with Gasteiger partial charge in [-0.15, -0.1) is 0 Å². The Hall–Kier alpha value is -1.49. The fourth-order valence-corrected chi connectivity index (χ4v) is 1.75. The largest absolute Gasteiger partial charge is 0.355 e. The molecule has 0 radical (unpaired) electrons. The Balaban J connectivity index is 2.16. The molecule has 5 heteroatoms. The van der Waals surface area contributed by atoms with E-state index in [-0.39, 0.29) is 12.5 Å². The van der Waals surface area contributed by atoms with Crippen molar-refractivity contribution in [2.75, 3.05) is 19.6 Å². The van der Waals surface area contributed by atoms with Crippen molar-refractivity contribution in [2.45, 2.75) is 26.7 Å². The summed E-state index contributed by atoms with van der Waals surface area (Å²) >= 11 is 0. The molecule has 0 aliphatic carbocycles. The van der Waals surface area contributed by atoms with Crippen LogP contribution in [0.5, 0.6) is 0 Å². The summed E-state index contributed by atoms with van der Waals surface area (Å²) in [6, 6.07) is 3.44. The smallest absolute Gasteiger partial charge is 0.233 e. The molecule has 112 valence electrons. The second kappa shape index (κ2) is 8.64. The molecule has 0 atom stereocenters. The molecule has 3 nitrogen and oxygen atoms in total. The van der Waals surface area contributed by atoms with Crippen molar-refractivity contribution in [1.29, 1.82) is 0 Å². The number of amides is 1. The van der Waals surface area contributed by atoms with Gasteiger partial charge in [0.2, 0.25) is 5.91 Å². The quantitative estimate of drug-likeness (QED) is 0.719. The van der Waals surface area contributed by atoms with E-state index in [4.69, 9.17) is 0 Å². The van der Waals surface area contributed by atoms with Gasteiger partial charge in [0.05, 0.1) is 6.54 Å². The van der Waals surface area contributed by atoms with Crippen LogP contribution in [0.4, 0.5) is 8.78 Å². The van der Waals surface area contributed by atoms with Crippen LogP contribution in [0, 0.1) is 17.6 Å². The molecule has 0 saturated heterocycles. The van der Waals surface area contributed by atoms with Gasteiger partial charge < -0.3 is 10.6 Å². The number of hydrogen-bond donors (Lipinski definition) is 2. The molecule has 1 rings (SSSR count). The summed E-state index contributed by atoms with van der Waals surface area (Å²) < 4.78 is 25.9. The first-order valence-corrected chi connectivity index (χ1v) is 6.89. The van der Waals surface area contributed by atoms with Crippen LogP contribution in [0.25, 0.3) is 0 Å². The number of benzene rings is 1. The van der Waals surface area contributed by atoms with Crippen molar-refractivity contribution >= 4 is 5.91 Å². The van der Waals surface area contributed by atoms with E-state index in [1.54, 1.807) is 0 Å². The topological polar surface area (TPSA) is 41.1 Å². The van der Waals surface area contributed by atoms with Crippen molar-refractivity contribution in [3.63, 3.8) is 0 Å². The summed E-state index contributed by atoms with van der Waals surface area (Å²) in [7, 11) is 0. The van der Waals surface area contributed by atoms with Crippen molar-refractivity contribution in [2.24, 2.45) is 5.92 Å². The molecule has 0 aromatic heterocycles. The van der Waals surface area contributed by atoms with Gasteiger partial charge in [0.1, 0.15) is 11.6 Å². The van der Waals surface area contributed by atoms with Gasteiger partial charge in [0, 0.05) is 12.6 Å². The van der Waals surface area contributed by atoms with Crippen molar-refractivity contribution in [3.8, 4) is 0 Å². The lowest BCUT2D eigenvalue weighted by molar-refractivity contribution is -0.120.